The van der Waals surface area contributed by atoms with Crippen LogP contribution in [0.3, 0.4) is 0 Å². The summed E-state index contributed by atoms with van der Waals surface area (Å²) < 4.78 is 7.14. The Labute approximate surface area is 190 Å². The number of primary amides is 1. The van der Waals surface area contributed by atoms with Crippen molar-refractivity contribution in [2.45, 2.75) is 42.6 Å². The number of aromatic nitrogens is 3. The van der Waals surface area contributed by atoms with E-state index in [2.05, 4.69) is 15.5 Å². The molecule has 0 aliphatic heterocycles. The van der Waals surface area contributed by atoms with Crippen LogP contribution in [-0.2, 0) is 16.1 Å². The number of hydrogen-bond donors (Lipinski definition) is 2. The van der Waals surface area contributed by atoms with Crippen molar-refractivity contribution < 1.29 is 14.3 Å². The van der Waals surface area contributed by atoms with E-state index in [1.54, 1.807) is 11.7 Å². The Balaban J connectivity index is 1.66. The first-order chi connectivity index (χ1) is 15.5. The molecule has 0 unspecified atom stereocenters. The first-order valence-electron chi connectivity index (χ1n) is 10.3. The summed E-state index contributed by atoms with van der Waals surface area (Å²) in [7, 11) is 1.56. The molecule has 0 saturated heterocycles. The first-order valence-corrected chi connectivity index (χ1v) is 11.2. The Bertz CT molecular complexity index is 1130. The van der Waals surface area contributed by atoms with Gasteiger partial charge in [0.1, 0.15) is 23.4 Å². The summed E-state index contributed by atoms with van der Waals surface area (Å²) in [6.45, 7) is 1.93. The number of methoxy groups -OCH3 is 1. The molecule has 166 valence electrons. The van der Waals surface area contributed by atoms with Crippen LogP contribution in [0.15, 0.2) is 53.7 Å². The summed E-state index contributed by atoms with van der Waals surface area (Å²) in [4.78, 5) is 25.1. The molecule has 1 aliphatic carbocycles. The molecular weight excluding hydrogens is 426 g/mol. The lowest BCUT2D eigenvalue weighted by molar-refractivity contribution is -0.118. The molecule has 1 heterocycles. The van der Waals surface area contributed by atoms with Gasteiger partial charge in [0.05, 0.1) is 12.8 Å². The monoisotopic (exact) mass is 451 g/mol. The van der Waals surface area contributed by atoms with Crippen LogP contribution in [-0.4, -0.2) is 33.7 Å². The first kappa shape index (κ1) is 21.9. The topological polar surface area (TPSA) is 112 Å². The number of ether oxygens (including phenoxy) is 1. The summed E-state index contributed by atoms with van der Waals surface area (Å²) in [6.07, 6.45) is 2.02. The molecule has 2 amide bonds. The van der Waals surface area contributed by atoms with Crippen molar-refractivity contribution in [3.05, 3.63) is 65.5 Å². The fraction of sp³-hybridized carbons (Fsp3) is 0.304. The van der Waals surface area contributed by atoms with Gasteiger partial charge in [-0.25, -0.2) is 0 Å². The minimum Gasteiger partial charge on any atom is -0.495 e. The van der Waals surface area contributed by atoms with E-state index in [0.717, 1.165) is 29.8 Å². The van der Waals surface area contributed by atoms with Gasteiger partial charge in [-0.15, -0.1) is 10.2 Å². The molecule has 3 N–H and O–H groups in total. The number of anilines is 1. The molecule has 1 atom stereocenters. The highest BCUT2D eigenvalue weighted by Crippen LogP contribution is 2.42. The average molecular weight is 452 g/mol. The van der Waals surface area contributed by atoms with Crippen LogP contribution >= 0.6 is 11.8 Å². The third-order valence-corrected chi connectivity index (χ3v) is 6.41. The average Bonchev–Trinajstić information content (AvgIpc) is 3.54. The number of hydrogen-bond acceptors (Lipinski definition) is 6. The minimum atomic E-state index is -0.621. The Morgan fingerprint density at radius 2 is 1.97 bits per heavy atom. The van der Waals surface area contributed by atoms with Gasteiger partial charge in [0.25, 0.3) is 0 Å². The number of carbonyl (C=O) groups is 2. The number of nitrogens with zero attached hydrogens (tertiary/aromatic N) is 3. The zero-order valence-electron chi connectivity index (χ0n) is 17.9. The lowest BCUT2D eigenvalue weighted by atomic mass is 10.1. The third-order valence-electron chi connectivity index (χ3n) is 5.18. The molecular formula is C23H25N5O3S. The van der Waals surface area contributed by atoms with Crippen molar-refractivity contribution in [3.8, 4) is 5.75 Å². The fourth-order valence-corrected chi connectivity index (χ4v) is 4.50. The Morgan fingerprint density at radius 1 is 1.22 bits per heavy atom. The quantitative estimate of drug-likeness (QED) is 0.482. The van der Waals surface area contributed by atoms with E-state index in [1.807, 2.05) is 55.5 Å². The lowest BCUT2D eigenvalue weighted by Crippen LogP contribution is -2.22. The number of amides is 2. The fourth-order valence-electron chi connectivity index (χ4n) is 3.46. The normalized spacial score (nSPS) is 14.1. The highest BCUT2D eigenvalue weighted by atomic mass is 32.2. The van der Waals surface area contributed by atoms with Gasteiger partial charge >= 0.3 is 0 Å². The van der Waals surface area contributed by atoms with Gasteiger partial charge in [-0.3, -0.25) is 14.2 Å². The summed E-state index contributed by atoms with van der Waals surface area (Å²) in [5.74, 6) is 0.912. The zero-order chi connectivity index (χ0) is 22.7. The lowest BCUT2D eigenvalue weighted by Gasteiger charge is -2.18. The van der Waals surface area contributed by atoms with E-state index in [0.29, 0.717) is 16.6 Å². The smallest absolute Gasteiger partial charge is 0.242 e. The largest absolute Gasteiger partial charge is 0.495 e. The predicted octanol–water partition coefficient (Wildman–Crippen LogP) is 3.43. The summed E-state index contributed by atoms with van der Waals surface area (Å²) in [5.41, 5.74) is 7.88. The second-order valence-corrected chi connectivity index (χ2v) is 8.84. The number of thioether (sulfide) groups is 1. The van der Waals surface area contributed by atoms with Gasteiger partial charge < -0.3 is 15.8 Å². The molecule has 1 aromatic heterocycles. The Kier molecular flexibility index (Phi) is 6.45. The van der Waals surface area contributed by atoms with Crippen LogP contribution in [0.1, 0.15) is 41.0 Å². The van der Waals surface area contributed by atoms with Crippen molar-refractivity contribution in [1.29, 1.82) is 0 Å². The van der Waals surface area contributed by atoms with Crippen LogP contribution in [0.25, 0.3) is 0 Å². The van der Waals surface area contributed by atoms with E-state index in [9.17, 15) is 9.59 Å². The number of rotatable bonds is 9. The van der Waals surface area contributed by atoms with Crippen LogP contribution in [0.2, 0.25) is 0 Å². The van der Waals surface area contributed by atoms with Crippen molar-refractivity contribution in [1.82, 2.24) is 14.8 Å². The second kappa shape index (κ2) is 9.44. The molecule has 9 heteroatoms. The maximum absolute atomic E-state index is 13.4. The predicted molar refractivity (Wildman–Crippen MR) is 123 cm³/mol. The molecule has 4 rings (SSSR count). The summed E-state index contributed by atoms with van der Waals surface area (Å²) in [5, 5.41) is 11.4. The number of benzene rings is 2. The van der Waals surface area contributed by atoms with Crippen molar-refractivity contribution >= 4 is 29.3 Å². The number of nitrogens with two attached hydrogens (primary N) is 1. The van der Waals surface area contributed by atoms with Crippen molar-refractivity contribution in [2.24, 2.45) is 5.73 Å². The molecule has 0 radical (unpaired) electrons. The summed E-state index contributed by atoms with van der Waals surface area (Å²) in [6, 6.07) is 15.0. The molecule has 0 spiro atoms. The minimum absolute atomic E-state index is 0.0179. The van der Waals surface area contributed by atoms with Gasteiger partial charge in [-0.05, 0) is 43.0 Å². The van der Waals surface area contributed by atoms with E-state index in [1.165, 1.54) is 11.8 Å². The molecule has 8 nitrogen and oxygen atoms in total. The van der Waals surface area contributed by atoms with E-state index in [4.69, 9.17) is 10.5 Å². The third kappa shape index (κ3) is 4.94. The number of carbonyl (C=O) groups excluding carboxylic acids is 2. The van der Waals surface area contributed by atoms with Gasteiger partial charge in [-0.2, -0.15) is 0 Å². The van der Waals surface area contributed by atoms with E-state index < -0.39 is 11.2 Å². The van der Waals surface area contributed by atoms with Gasteiger partial charge in [-0.1, -0.05) is 48.2 Å². The van der Waals surface area contributed by atoms with Gasteiger partial charge in [0, 0.05) is 5.92 Å². The van der Waals surface area contributed by atoms with E-state index >= 15 is 0 Å². The van der Waals surface area contributed by atoms with Crippen LogP contribution in [0.5, 0.6) is 5.75 Å². The summed E-state index contributed by atoms with van der Waals surface area (Å²) >= 11 is 1.25. The van der Waals surface area contributed by atoms with Crippen LogP contribution in [0.4, 0.5) is 5.69 Å². The maximum atomic E-state index is 13.4. The number of aryl methyl sites for hydroxylation is 1. The van der Waals surface area contributed by atoms with Crippen LogP contribution < -0.4 is 15.8 Å². The van der Waals surface area contributed by atoms with Gasteiger partial charge in [0.15, 0.2) is 5.16 Å². The highest BCUT2D eigenvalue weighted by molar-refractivity contribution is 8.00. The second-order valence-electron chi connectivity index (χ2n) is 7.77. The zero-order valence-corrected chi connectivity index (χ0v) is 18.8. The van der Waals surface area contributed by atoms with Crippen molar-refractivity contribution in [3.63, 3.8) is 0 Å². The highest BCUT2D eigenvalue weighted by Gasteiger charge is 2.33. The molecule has 3 aromatic rings. The number of nitrogens with one attached hydrogen (secondary N) is 1. The van der Waals surface area contributed by atoms with Crippen molar-refractivity contribution in [2.75, 3.05) is 12.4 Å². The molecule has 32 heavy (non-hydrogen) atoms. The molecule has 0 bridgehead atoms. The SMILES string of the molecule is COc1ccc(C)cc1NC(=O)[C@H](Sc1nnc(C2CC2)n1CC(N)=O)c1ccccc1. The Morgan fingerprint density at radius 3 is 2.62 bits per heavy atom. The van der Waals surface area contributed by atoms with Crippen LogP contribution in [0, 0.1) is 6.92 Å². The Hall–Kier alpha value is -3.33. The molecule has 1 aliphatic rings. The maximum Gasteiger partial charge on any atom is 0.242 e. The standard InChI is InChI=1S/C23H25N5O3S/c1-14-8-11-18(31-2)17(12-14)25-22(30)20(15-6-4-3-5-7-15)32-23-27-26-21(16-9-10-16)28(23)13-19(24)29/h3-8,11-12,16,20H,9-10,13H2,1-2H3,(H2,24,29)(H,25,30)/t20-/m1/s1. The van der Waals surface area contributed by atoms with E-state index in [-0.39, 0.29) is 18.4 Å². The van der Waals surface area contributed by atoms with Gasteiger partial charge in [0.2, 0.25) is 11.8 Å². The molecule has 1 fully saturated rings. The molecule has 1 saturated carbocycles. The molecule has 2 aromatic carbocycles.